The molecule has 1 aliphatic heterocycles. The zero-order chi connectivity index (χ0) is 22.5. The highest BCUT2D eigenvalue weighted by atomic mass is 35.5. The van der Waals surface area contributed by atoms with Crippen LogP contribution in [0.4, 0.5) is 10.5 Å². The van der Waals surface area contributed by atoms with Crippen molar-refractivity contribution in [2.45, 2.75) is 31.2 Å². The minimum atomic E-state index is -0.369. The van der Waals surface area contributed by atoms with E-state index in [2.05, 4.69) is 27.8 Å². The van der Waals surface area contributed by atoms with E-state index in [4.69, 9.17) is 11.6 Å². The molecule has 2 fully saturated rings. The number of carbonyl (C=O) groups is 2. The van der Waals surface area contributed by atoms with Crippen molar-refractivity contribution in [1.29, 1.82) is 0 Å². The Kier molecular flexibility index (Phi) is 5.20. The lowest BCUT2D eigenvalue weighted by atomic mass is 9.74. The summed E-state index contributed by atoms with van der Waals surface area (Å²) >= 11 is 9.65. The number of anilines is 1. The molecule has 4 aromatic rings. The molecule has 1 saturated heterocycles. The van der Waals surface area contributed by atoms with Gasteiger partial charge in [-0.3, -0.25) is 9.78 Å². The number of nitrogens with zero attached hydrogens (tertiary/aromatic N) is 2. The quantitative estimate of drug-likeness (QED) is 0.346. The molecular formula is C25H20ClN3O2S2. The highest BCUT2D eigenvalue weighted by molar-refractivity contribution is 7.17. The Balaban J connectivity index is 1.28. The average Bonchev–Trinajstić information content (AvgIpc) is 3.47. The number of rotatable bonds is 3. The van der Waals surface area contributed by atoms with Gasteiger partial charge in [0.1, 0.15) is 4.34 Å². The molecule has 1 saturated carbocycles. The van der Waals surface area contributed by atoms with Crippen LogP contribution in [0.15, 0.2) is 59.6 Å². The normalized spacial score (nSPS) is 22.9. The molecule has 3 atom stereocenters. The van der Waals surface area contributed by atoms with Crippen molar-refractivity contribution in [2.24, 2.45) is 5.92 Å². The minimum Gasteiger partial charge on any atom is -0.334 e. The Morgan fingerprint density at radius 3 is 2.73 bits per heavy atom. The predicted octanol–water partition coefficient (Wildman–Crippen LogP) is 6.69. The summed E-state index contributed by atoms with van der Waals surface area (Å²) in [6.07, 6.45) is 5.73. The number of hydrogen-bond acceptors (Lipinski definition) is 5. The van der Waals surface area contributed by atoms with Crippen molar-refractivity contribution in [3.05, 3.63) is 69.5 Å². The maximum absolute atomic E-state index is 13.5. The summed E-state index contributed by atoms with van der Waals surface area (Å²) in [5, 5.41) is 9.00. The van der Waals surface area contributed by atoms with Crippen LogP contribution < -0.4 is 10.2 Å². The number of amides is 3. The Morgan fingerprint density at radius 1 is 1.03 bits per heavy atom. The van der Waals surface area contributed by atoms with Gasteiger partial charge in [-0.05, 0) is 53.6 Å². The third-order valence-corrected chi connectivity index (χ3v) is 8.92. The number of fused-ring (bicyclic) bond motifs is 2. The number of benzene rings is 1. The molecule has 3 amide bonds. The van der Waals surface area contributed by atoms with E-state index < -0.39 is 0 Å². The minimum absolute atomic E-state index is 0.133. The summed E-state index contributed by atoms with van der Waals surface area (Å²) < 4.78 is 0.799. The van der Waals surface area contributed by atoms with Crippen LogP contribution in [0.5, 0.6) is 0 Å². The van der Waals surface area contributed by atoms with E-state index in [1.807, 2.05) is 29.6 Å². The van der Waals surface area contributed by atoms with Crippen LogP contribution in [0.3, 0.4) is 0 Å². The van der Waals surface area contributed by atoms with Crippen LogP contribution in [0.1, 0.15) is 30.7 Å². The number of imide groups is 1. The fourth-order valence-electron chi connectivity index (χ4n) is 5.22. The first-order valence-corrected chi connectivity index (χ1v) is 13.0. The van der Waals surface area contributed by atoms with Gasteiger partial charge in [0.05, 0.1) is 17.8 Å². The number of halogens is 1. The molecule has 1 aliphatic carbocycles. The maximum Gasteiger partial charge on any atom is 0.329 e. The van der Waals surface area contributed by atoms with Crippen LogP contribution in [0.25, 0.3) is 21.2 Å². The lowest BCUT2D eigenvalue weighted by molar-refractivity contribution is -0.124. The molecule has 1 aromatic carbocycles. The van der Waals surface area contributed by atoms with Crippen molar-refractivity contribution in [3.63, 3.8) is 0 Å². The summed E-state index contributed by atoms with van der Waals surface area (Å²) in [7, 11) is 0. The maximum atomic E-state index is 13.5. The Bertz CT molecular complexity index is 1380. The number of carbonyl (C=O) groups excluding carboxylic acids is 2. The van der Waals surface area contributed by atoms with Gasteiger partial charge < -0.3 is 5.32 Å². The molecule has 5 nitrogen and oxygen atoms in total. The van der Waals surface area contributed by atoms with Gasteiger partial charge in [-0.2, -0.15) is 0 Å². The van der Waals surface area contributed by atoms with E-state index in [0.717, 1.165) is 39.9 Å². The van der Waals surface area contributed by atoms with Gasteiger partial charge in [-0.1, -0.05) is 35.9 Å². The van der Waals surface area contributed by atoms with E-state index >= 15 is 0 Å². The molecule has 6 rings (SSSR count). The predicted molar refractivity (Wildman–Crippen MR) is 134 cm³/mol. The molecule has 3 aromatic heterocycles. The molecular weight excluding hydrogens is 474 g/mol. The van der Waals surface area contributed by atoms with Gasteiger partial charge in [0, 0.05) is 33.5 Å². The van der Waals surface area contributed by atoms with Crippen LogP contribution in [-0.2, 0) is 4.79 Å². The first-order valence-electron chi connectivity index (χ1n) is 10.9. The number of aromatic nitrogens is 1. The summed E-state index contributed by atoms with van der Waals surface area (Å²) in [6.45, 7) is 0. The smallest absolute Gasteiger partial charge is 0.329 e. The van der Waals surface area contributed by atoms with Gasteiger partial charge in [-0.15, -0.1) is 22.7 Å². The zero-order valence-corrected chi connectivity index (χ0v) is 19.9. The van der Waals surface area contributed by atoms with Crippen molar-refractivity contribution < 1.29 is 9.59 Å². The molecule has 3 unspecified atom stereocenters. The fraction of sp³-hybridized carbons (Fsp3) is 0.240. The third kappa shape index (κ3) is 3.46. The van der Waals surface area contributed by atoms with Gasteiger partial charge in [0.25, 0.3) is 0 Å². The molecule has 0 radical (unpaired) electrons. The second-order valence-electron chi connectivity index (χ2n) is 8.54. The van der Waals surface area contributed by atoms with E-state index in [1.54, 1.807) is 23.7 Å². The highest BCUT2D eigenvalue weighted by Gasteiger charge is 2.45. The number of thiophene rings is 2. The first-order chi connectivity index (χ1) is 16.1. The highest BCUT2D eigenvalue weighted by Crippen LogP contribution is 2.46. The van der Waals surface area contributed by atoms with Crippen molar-refractivity contribution in [2.75, 3.05) is 4.90 Å². The van der Waals surface area contributed by atoms with Crippen LogP contribution >= 0.6 is 34.3 Å². The largest absolute Gasteiger partial charge is 0.334 e. The van der Waals surface area contributed by atoms with Gasteiger partial charge in [0.15, 0.2) is 0 Å². The van der Waals surface area contributed by atoms with E-state index in [9.17, 15) is 9.59 Å². The van der Waals surface area contributed by atoms with Crippen molar-refractivity contribution >= 4 is 62.7 Å². The molecule has 1 N–H and O–H groups in total. The standard InChI is InChI=1S/C25H20ClN3O2S2/c26-23-19(8-10-33-23)22-17(7-9-32-22)14-5-6-18-20(11-14)28-25(31)29(24(18)30)21-13-27-12-15-3-1-2-4-16(15)21/h1-4,7-10,12-14,18,20H,5-6,11H2,(H,28,31). The number of nitrogens with one attached hydrogen (secondary N) is 1. The SMILES string of the molecule is O=C1NC2CC(c3ccsc3-c3ccsc3Cl)CCC2C(=O)N1c1cncc2ccccc12. The van der Waals surface area contributed by atoms with Crippen LogP contribution in [-0.4, -0.2) is 23.0 Å². The second kappa shape index (κ2) is 8.24. The van der Waals surface area contributed by atoms with Crippen molar-refractivity contribution in [1.82, 2.24) is 10.3 Å². The molecule has 8 heteroatoms. The van der Waals surface area contributed by atoms with Gasteiger partial charge >= 0.3 is 6.03 Å². The molecule has 0 spiro atoms. The van der Waals surface area contributed by atoms with E-state index in [-0.39, 0.29) is 29.8 Å². The lowest BCUT2D eigenvalue weighted by Crippen LogP contribution is -2.61. The molecule has 0 bridgehead atoms. The van der Waals surface area contributed by atoms with E-state index in [0.29, 0.717) is 5.69 Å². The molecule has 2 aliphatic rings. The number of hydrogen-bond donors (Lipinski definition) is 1. The van der Waals surface area contributed by atoms with Gasteiger partial charge in [0.2, 0.25) is 5.91 Å². The van der Waals surface area contributed by atoms with Crippen LogP contribution in [0, 0.1) is 5.92 Å². The average molecular weight is 494 g/mol. The second-order valence-corrected chi connectivity index (χ2v) is 11.0. The summed E-state index contributed by atoms with van der Waals surface area (Å²) in [4.78, 5) is 33.4. The Hall–Kier alpha value is -2.74. The topological polar surface area (TPSA) is 62.3 Å². The van der Waals surface area contributed by atoms with Gasteiger partial charge in [-0.25, -0.2) is 9.69 Å². The first kappa shape index (κ1) is 20.8. The third-order valence-electron chi connectivity index (χ3n) is 6.79. The summed E-state index contributed by atoms with van der Waals surface area (Å²) in [5.41, 5.74) is 2.89. The molecule has 33 heavy (non-hydrogen) atoms. The molecule has 4 heterocycles. The van der Waals surface area contributed by atoms with Crippen molar-refractivity contribution in [3.8, 4) is 10.4 Å². The Labute approximate surface area is 204 Å². The van der Waals surface area contributed by atoms with Crippen LogP contribution in [0.2, 0.25) is 4.34 Å². The summed E-state index contributed by atoms with van der Waals surface area (Å²) in [6, 6.07) is 11.4. The molecule has 166 valence electrons. The zero-order valence-electron chi connectivity index (χ0n) is 17.5. The lowest BCUT2D eigenvalue weighted by Gasteiger charge is -2.42. The fourth-order valence-corrected chi connectivity index (χ4v) is 7.29. The number of pyridine rings is 1. The monoisotopic (exact) mass is 493 g/mol. The van der Waals surface area contributed by atoms with E-state index in [1.165, 1.54) is 26.7 Å². The summed E-state index contributed by atoms with van der Waals surface area (Å²) in [5.74, 6) is -0.0844. The Morgan fingerprint density at radius 2 is 1.88 bits per heavy atom. The number of urea groups is 1.